The number of anilines is 1. The van der Waals surface area contributed by atoms with E-state index in [0.717, 1.165) is 47.9 Å². The van der Waals surface area contributed by atoms with Gasteiger partial charge < -0.3 is 5.73 Å². The van der Waals surface area contributed by atoms with Crippen molar-refractivity contribution >= 4 is 5.69 Å². The van der Waals surface area contributed by atoms with E-state index in [1.165, 1.54) is 18.4 Å². The number of rotatable bonds is 2. The third-order valence-corrected chi connectivity index (χ3v) is 5.45. The Bertz CT molecular complexity index is 893. The van der Waals surface area contributed by atoms with E-state index in [9.17, 15) is 10.5 Å². The Labute approximate surface area is 156 Å². The van der Waals surface area contributed by atoms with E-state index >= 15 is 0 Å². The minimum absolute atomic E-state index is 0.345. The van der Waals surface area contributed by atoms with Crippen molar-refractivity contribution in [2.24, 2.45) is 0 Å². The molecule has 0 bridgehead atoms. The topological polar surface area (TPSA) is 73.6 Å². The molecular formula is C23H25N3. The molecule has 0 saturated carbocycles. The molecule has 0 fully saturated rings. The second-order valence-corrected chi connectivity index (χ2v) is 7.41. The SMILES string of the molecule is CC(C)c1ccc(-c2c(C#N)c(N)c(C#N)c3c2CCCCCC3)cc1. The number of hydrogen-bond donors (Lipinski definition) is 1. The average Bonchev–Trinajstić information content (AvgIpc) is 2.62. The Hall–Kier alpha value is -2.78. The number of nitrogens with two attached hydrogens (primary N) is 1. The number of hydrogen-bond acceptors (Lipinski definition) is 3. The second kappa shape index (κ2) is 7.63. The van der Waals surface area contributed by atoms with E-state index in [0.29, 0.717) is 22.7 Å². The van der Waals surface area contributed by atoms with Crippen LogP contribution in [0.2, 0.25) is 0 Å². The molecular weight excluding hydrogens is 318 g/mol. The largest absolute Gasteiger partial charge is 0.397 e. The zero-order valence-electron chi connectivity index (χ0n) is 15.6. The first kappa shape index (κ1) is 18.0. The monoisotopic (exact) mass is 343 g/mol. The molecule has 0 aromatic heterocycles. The lowest BCUT2D eigenvalue weighted by Gasteiger charge is -2.22. The van der Waals surface area contributed by atoms with Gasteiger partial charge in [0.05, 0.1) is 16.8 Å². The van der Waals surface area contributed by atoms with Crippen LogP contribution in [0.1, 0.15) is 73.3 Å². The maximum absolute atomic E-state index is 9.81. The highest BCUT2D eigenvalue weighted by atomic mass is 14.6. The molecule has 132 valence electrons. The summed E-state index contributed by atoms with van der Waals surface area (Å²) in [5, 5.41) is 19.5. The lowest BCUT2D eigenvalue weighted by atomic mass is 9.81. The molecule has 26 heavy (non-hydrogen) atoms. The molecule has 0 spiro atoms. The lowest BCUT2D eigenvalue weighted by molar-refractivity contribution is 0.617. The highest BCUT2D eigenvalue weighted by Gasteiger charge is 2.24. The van der Waals surface area contributed by atoms with Crippen molar-refractivity contribution < 1.29 is 0 Å². The zero-order valence-corrected chi connectivity index (χ0v) is 15.6. The van der Waals surface area contributed by atoms with Gasteiger partial charge in [-0.05, 0) is 53.9 Å². The minimum atomic E-state index is 0.345. The van der Waals surface area contributed by atoms with E-state index < -0.39 is 0 Å². The average molecular weight is 343 g/mol. The molecule has 2 N–H and O–H groups in total. The van der Waals surface area contributed by atoms with E-state index in [-0.39, 0.29) is 0 Å². The summed E-state index contributed by atoms with van der Waals surface area (Å²) in [6.07, 6.45) is 6.30. The Morgan fingerprint density at radius 1 is 0.846 bits per heavy atom. The number of benzene rings is 2. The molecule has 3 nitrogen and oxygen atoms in total. The van der Waals surface area contributed by atoms with Crippen LogP contribution in [0.3, 0.4) is 0 Å². The second-order valence-electron chi connectivity index (χ2n) is 7.41. The summed E-state index contributed by atoms with van der Waals surface area (Å²) < 4.78 is 0. The van der Waals surface area contributed by atoms with Gasteiger partial charge in [-0.1, -0.05) is 51.0 Å². The van der Waals surface area contributed by atoms with Gasteiger partial charge in [0, 0.05) is 5.56 Å². The Kier molecular flexibility index (Phi) is 5.29. The van der Waals surface area contributed by atoms with Crippen LogP contribution >= 0.6 is 0 Å². The molecule has 0 aliphatic heterocycles. The number of fused-ring (bicyclic) bond motifs is 1. The quantitative estimate of drug-likeness (QED) is 0.736. The van der Waals surface area contributed by atoms with Gasteiger partial charge in [0.2, 0.25) is 0 Å². The van der Waals surface area contributed by atoms with Crippen molar-refractivity contribution in [1.29, 1.82) is 10.5 Å². The van der Waals surface area contributed by atoms with Gasteiger partial charge in [0.15, 0.2) is 0 Å². The highest BCUT2D eigenvalue weighted by molar-refractivity contribution is 5.85. The predicted octanol–water partition coefficient (Wildman–Crippen LogP) is 5.46. The Morgan fingerprint density at radius 2 is 1.42 bits per heavy atom. The maximum Gasteiger partial charge on any atom is 0.102 e. The van der Waals surface area contributed by atoms with Crippen molar-refractivity contribution in [3.05, 3.63) is 52.1 Å². The molecule has 3 heteroatoms. The Morgan fingerprint density at radius 3 is 1.96 bits per heavy atom. The summed E-state index contributed by atoms with van der Waals surface area (Å²) in [7, 11) is 0. The Balaban J connectivity index is 2.29. The molecule has 0 amide bonds. The first-order valence-electron chi connectivity index (χ1n) is 9.46. The molecule has 3 rings (SSSR count). The van der Waals surface area contributed by atoms with Gasteiger partial charge in [-0.25, -0.2) is 0 Å². The van der Waals surface area contributed by atoms with Gasteiger partial charge in [-0.2, -0.15) is 10.5 Å². The molecule has 0 heterocycles. The van der Waals surface area contributed by atoms with Gasteiger partial charge in [-0.15, -0.1) is 0 Å². The van der Waals surface area contributed by atoms with Crippen molar-refractivity contribution in [3.8, 4) is 23.3 Å². The first-order chi connectivity index (χ1) is 12.6. The molecule has 1 aliphatic rings. The van der Waals surface area contributed by atoms with Crippen molar-refractivity contribution in [3.63, 3.8) is 0 Å². The van der Waals surface area contributed by atoms with Crippen LogP contribution in [0.15, 0.2) is 24.3 Å². The smallest absolute Gasteiger partial charge is 0.102 e. The van der Waals surface area contributed by atoms with Crippen LogP contribution in [0.25, 0.3) is 11.1 Å². The van der Waals surface area contributed by atoms with Crippen LogP contribution in [0.4, 0.5) is 5.69 Å². The normalized spacial score (nSPS) is 14.0. The molecule has 2 aromatic carbocycles. The third kappa shape index (κ3) is 3.18. The standard InChI is InChI=1S/C23H25N3/c1-15(2)16-9-11-17(12-10-16)22-19-8-6-4-3-5-7-18(19)20(13-24)23(26)21(22)14-25/h9-12,15H,3-8,26H2,1-2H3. The molecule has 2 aromatic rings. The molecule has 1 aliphatic carbocycles. The molecule has 0 atom stereocenters. The van der Waals surface area contributed by atoms with Crippen LogP contribution in [0.5, 0.6) is 0 Å². The predicted molar refractivity (Wildman–Crippen MR) is 106 cm³/mol. The number of nitrogens with zero attached hydrogens (tertiary/aromatic N) is 2. The molecule has 0 saturated heterocycles. The van der Waals surface area contributed by atoms with E-state index in [4.69, 9.17) is 5.73 Å². The summed E-state index contributed by atoms with van der Waals surface area (Å²) in [6.45, 7) is 4.34. The van der Waals surface area contributed by atoms with Gasteiger partial charge in [0.25, 0.3) is 0 Å². The van der Waals surface area contributed by atoms with Crippen molar-refractivity contribution in [2.75, 3.05) is 5.73 Å². The third-order valence-electron chi connectivity index (χ3n) is 5.45. The van der Waals surface area contributed by atoms with E-state index in [1.807, 2.05) is 0 Å². The van der Waals surface area contributed by atoms with Crippen molar-refractivity contribution in [2.45, 2.75) is 58.3 Å². The van der Waals surface area contributed by atoms with Crippen LogP contribution in [-0.4, -0.2) is 0 Å². The fraction of sp³-hybridized carbons (Fsp3) is 0.391. The molecule has 0 radical (unpaired) electrons. The van der Waals surface area contributed by atoms with Gasteiger partial charge in [0.1, 0.15) is 12.1 Å². The summed E-state index contributed by atoms with van der Waals surface area (Å²) in [6, 6.07) is 13.0. The highest BCUT2D eigenvalue weighted by Crippen LogP contribution is 2.39. The molecule has 0 unspecified atom stereocenters. The van der Waals surface area contributed by atoms with Crippen LogP contribution in [0, 0.1) is 22.7 Å². The van der Waals surface area contributed by atoms with Crippen LogP contribution < -0.4 is 5.73 Å². The fourth-order valence-electron chi connectivity index (χ4n) is 3.98. The minimum Gasteiger partial charge on any atom is -0.397 e. The first-order valence-corrected chi connectivity index (χ1v) is 9.46. The van der Waals surface area contributed by atoms with Gasteiger partial charge in [-0.3, -0.25) is 0 Å². The lowest BCUT2D eigenvalue weighted by Crippen LogP contribution is -2.10. The zero-order chi connectivity index (χ0) is 18.7. The summed E-state index contributed by atoms with van der Waals surface area (Å²) in [5.41, 5.74) is 13.1. The fourth-order valence-corrected chi connectivity index (χ4v) is 3.98. The van der Waals surface area contributed by atoms with E-state index in [1.54, 1.807) is 0 Å². The maximum atomic E-state index is 9.81. The summed E-state index contributed by atoms with van der Waals surface area (Å²) in [4.78, 5) is 0. The van der Waals surface area contributed by atoms with Crippen LogP contribution in [-0.2, 0) is 12.8 Å². The summed E-state index contributed by atoms with van der Waals surface area (Å²) in [5.74, 6) is 0.464. The summed E-state index contributed by atoms with van der Waals surface area (Å²) >= 11 is 0. The van der Waals surface area contributed by atoms with E-state index in [2.05, 4.69) is 50.3 Å². The van der Waals surface area contributed by atoms with Crippen molar-refractivity contribution in [1.82, 2.24) is 0 Å². The number of nitrogen functional groups attached to an aromatic ring is 1. The van der Waals surface area contributed by atoms with Gasteiger partial charge >= 0.3 is 0 Å². The number of nitriles is 2.